The summed E-state index contributed by atoms with van der Waals surface area (Å²) in [5, 5.41) is 0.933. The molecule has 1 heterocycles. The van der Waals surface area contributed by atoms with Crippen molar-refractivity contribution in [3.8, 4) is 16.3 Å². The summed E-state index contributed by atoms with van der Waals surface area (Å²) in [6.07, 6.45) is 0. The number of carbonyl (C=O) groups is 1. The lowest BCUT2D eigenvalue weighted by atomic mass is 10.2. The minimum atomic E-state index is -0.368. The van der Waals surface area contributed by atoms with Crippen molar-refractivity contribution in [1.29, 1.82) is 0 Å². The maximum absolute atomic E-state index is 11.3. The largest absolute Gasteiger partial charge is 0.482 e. The van der Waals surface area contributed by atoms with Gasteiger partial charge in [0.2, 0.25) is 0 Å². The Labute approximate surface area is 132 Å². The maximum atomic E-state index is 11.3. The number of aromatic nitrogens is 1. The summed E-state index contributed by atoms with van der Waals surface area (Å²) in [5.41, 5.74) is 1.96. The molecule has 4 nitrogen and oxygen atoms in total. The highest BCUT2D eigenvalue weighted by Crippen LogP contribution is 2.31. The molecule has 0 bridgehead atoms. The van der Waals surface area contributed by atoms with Crippen LogP contribution in [-0.4, -0.2) is 24.2 Å². The van der Waals surface area contributed by atoms with Crippen LogP contribution in [0.1, 0.15) is 6.92 Å². The normalized spacial score (nSPS) is 10.6. The number of ether oxygens (including phenoxy) is 2. The fourth-order valence-electron chi connectivity index (χ4n) is 2.06. The van der Waals surface area contributed by atoms with Crippen molar-refractivity contribution in [2.75, 3.05) is 13.2 Å². The number of para-hydroxylation sites is 1. The number of carbonyl (C=O) groups excluding carboxylic acids is 1. The highest BCUT2D eigenvalue weighted by molar-refractivity contribution is 7.21. The molecule has 0 aliphatic rings. The molecule has 3 rings (SSSR count). The molecule has 1 aromatic heterocycles. The molecule has 0 unspecified atom stereocenters. The summed E-state index contributed by atoms with van der Waals surface area (Å²) in [6, 6.07) is 15.6. The molecule has 2 aromatic carbocycles. The Morgan fingerprint density at radius 3 is 2.86 bits per heavy atom. The zero-order valence-corrected chi connectivity index (χ0v) is 12.9. The van der Waals surface area contributed by atoms with E-state index in [4.69, 9.17) is 9.47 Å². The van der Waals surface area contributed by atoms with Gasteiger partial charge < -0.3 is 9.47 Å². The summed E-state index contributed by atoms with van der Waals surface area (Å²) in [6.45, 7) is 2.04. The molecule has 22 heavy (non-hydrogen) atoms. The number of hydrogen-bond donors (Lipinski definition) is 0. The second-order valence-corrected chi connectivity index (χ2v) is 5.64. The Morgan fingerprint density at radius 1 is 1.18 bits per heavy atom. The van der Waals surface area contributed by atoms with E-state index in [1.807, 2.05) is 42.5 Å². The molecule has 0 N–H and O–H groups in total. The first-order valence-electron chi connectivity index (χ1n) is 7.00. The number of rotatable bonds is 5. The molecule has 0 fully saturated rings. The predicted octanol–water partition coefficient (Wildman–Crippen LogP) is 3.91. The van der Waals surface area contributed by atoms with E-state index in [2.05, 4.69) is 11.1 Å². The SMILES string of the molecule is CCOC(=O)COc1cccc(-c2nc3ccccc3s2)c1. The molecule has 0 aliphatic carbocycles. The van der Waals surface area contributed by atoms with Crippen LogP contribution in [0.2, 0.25) is 0 Å². The van der Waals surface area contributed by atoms with Gasteiger partial charge in [-0.1, -0.05) is 24.3 Å². The monoisotopic (exact) mass is 313 g/mol. The molecular weight excluding hydrogens is 298 g/mol. The highest BCUT2D eigenvalue weighted by atomic mass is 32.1. The van der Waals surface area contributed by atoms with Crippen molar-refractivity contribution >= 4 is 27.5 Å². The van der Waals surface area contributed by atoms with Gasteiger partial charge in [-0.05, 0) is 31.2 Å². The van der Waals surface area contributed by atoms with Gasteiger partial charge in [-0.15, -0.1) is 11.3 Å². The van der Waals surface area contributed by atoms with Gasteiger partial charge in [0.05, 0.1) is 16.8 Å². The van der Waals surface area contributed by atoms with Crippen molar-refractivity contribution in [1.82, 2.24) is 4.98 Å². The average molecular weight is 313 g/mol. The van der Waals surface area contributed by atoms with Crippen LogP contribution in [0.3, 0.4) is 0 Å². The van der Waals surface area contributed by atoms with Crippen molar-refractivity contribution in [3.05, 3.63) is 48.5 Å². The van der Waals surface area contributed by atoms with E-state index in [1.54, 1.807) is 18.3 Å². The van der Waals surface area contributed by atoms with E-state index < -0.39 is 0 Å². The third kappa shape index (κ3) is 3.26. The number of esters is 1. The molecule has 0 aliphatic heterocycles. The van der Waals surface area contributed by atoms with Gasteiger partial charge in [0.1, 0.15) is 10.8 Å². The standard InChI is InChI=1S/C17H15NO3S/c1-2-20-16(19)11-21-13-7-5-6-12(10-13)17-18-14-8-3-4-9-15(14)22-17/h3-10H,2,11H2,1H3. The topological polar surface area (TPSA) is 48.4 Å². The van der Waals surface area contributed by atoms with Crippen LogP contribution in [0.5, 0.6) is 5.75 Å². The molecule has 0 amide bonds. The Hall–Kier alpha value is -2.40. The maximum Gasteiger partial charge on any atom is 0.344 e. The van der Waals surface area contributed by atoms with Crippen molar-refractivity contribution in [3.63, 3.8) is 0 Å². The first-order valence-corrected chi connectivity index (χ1v) is 7.82. The Morgan fingerprint density at radius 2 is 2.05 bits per heavy atom. The van der Waals surface area contributed by atoms with Gasteiger partial charge in [-0.3, -0.25) is 0 Å². The predicted molar refractivity (Wildman–Crippen MR) is 87.2 cm³/mol. The Balaban J connectivity index is 1.80. The van der Waals surface area contributed by atoms with Gasteiger partial charge >= 0.3 is 5.97 Å². The van der Waals surface area contributed by atoms with E-state index in [1.165, 1.54) is 0 Å². The molecular formula is C17H15NO3S. The minimum absolute atomic E-state index is 0.0862. The van der Waals surface area contributed by atoms with Crippen LogP contribution in [0, 0.1) is 0 Å². The Kier molecular flexibility index (Phi) is 4.34. The number of benzene rings is 2. The summed E-state index contributed by atoms with van der Waals surface area (Å²) < 4.78 is 11.5. The first kappa shape index (κ1) is 14.5. The van der Waals surface area contributed by atoms with Crippen LogP contribution in [0.15, 0.2) is 48.5 Å². The molecule has 0 radical (unpaired) electrons. The highest BCUT2D eigenvalue weighted by Gasteiger charge is 2.08. The summed E-state index contributed by atoms with van der Waals surface area (Å²) in [4.78, 5) is 16.0. The zero-order valence-electron chi connectivity index (χ0n) is 12.1. The second kappa shape index (κ2) is 6.58. The fraction of sp³-hybridized carbons (Fsp3) is 0.176. The average Bonchev–Trinajstić information content (AvgIpc) is 2.98. The van der Waals surface area contributed by atoms with Crippen LogP contribution in [-0.2, 0) is 9.53 Å². The second-order valence-electron chi connectivity index (χ2n) is 4.61. The van der Waals surface area contributed by atoms with E-state index in [-0.39, 0.29) is 12.6 Å². The summed E-state index contributed by atoms with van der Waals surface area (Å²) in [7, 11) is 0. The molecule has 3 aromatic rings. The lowest BCUT2D eigenvalue weighted by molar-refractivity contribution is -0.145. The van der Waals surface area contributed by atoms with Crippen molar-refractivity contribution < 1.29 is 14.3 Å². The van der Waals surface area contributed by atoms with Crippen LogP contribution in [0.4, 0.5) is 0 Å². The summed E-state index contributed by atoms with van der Waals surface area (Å²) in [5.74, 6) is 0.262. The number of nitrogens with zero attached hydrogens (tertiary/aromatic N) is 1. The minimum Gasteiger partial charge on any atom is -0.482 e. The Bertz CT molecular complexity index is 764. The third-order valence-corrected chi connectivity index (χ3v) is 4.12. The van der Waals surface area contributed by atoms with E-state index in [0.717, 1.165) is 20.8 Å². The number of fused-ring (bicyclic) bond motifs is 1. The van der Waals surface area contributed by atoms with Crippen molar-refractivity contribution in [2.24, 2.45) is 0 Å². The zero-order chi connectivity index (χ0) is 15.4. The van der Waals surface area contributed by atoms with Gasteiger partial charge in [0.25, 0.3) is 0 Å². The molecule has 0 spiro atoms. The third-order valence-electron chi connectivity index (χ3n) is 3.04. The molecule has 0 atom stereocenters. The lowest BCUT2D eigenvalue weighted by Crippen LogP contribution is -2.14. The summed E-state index contributed by atoms with van der Waals surface area (Å²) >= 11 is 1.63. The molecule has 112 valence electrons. The van der Waals surface area contributed by atoms with Crippen LogP contribution >= 0.6 is 11.3 Å². The van der Waals surface area contributed by atoms with Gasteiger partial charge in [0.15, 0.2) is 6.61 Å². The van der Waals surface area contributed by atoms with Crippen LogP contribution in [0.25, 0.3) is 20.8 Å². The van der Waals surface area contributed by atoms with Crippen molar-refractivity contribution in [2.45, 2.75) is 6.92 Å². The smallest absolute Gasteiger partial charge is 0.344 e. The molecule has 0 saturated carbocycles. The number of hydrogen-bond acceptors (Lipinski definition) is 5. The quantitative estimate of drug-likeness (QED) is 0.670. The van der Waals surface area contributed by atoms with E-state index >= 15 is 0 Å². The van der Waals surface area contributed by atoms with Gasteiger partial charge in [-0.2, -0.15) is 0 Å². The van der Waals surface area contributed by atoms with E-state index in [9.17, 15) is 4.79 Å². The van der Waals surface area contributed by atoms with Crippen LogP contribution < -0.4 is 4.74 Å². The lowest BCUT2D eigenvalue weighted by Gasteiger charge is -2.06. The number of thiazole rings is 1. The molecule has 5 heteroatoms. The van der Waals surface area contributed by atoms with Gasteiger partial charge in [0, 0.05) is 5.56 Å². The fourth-order valence-corrected chi connectivity index (χ4v) is 3.02. The first-order chi connectivity index (χ1) is 10.8. The molecule has 0 saturated heterocycles. The van der Waals surface area contributed by atoms with Gasteiger partial charge in [-0.25, -0.2) is 9.78 Å². The van der Waals surface area contributed by atoms with E-state index in [0.29, 0.717) is 12.4 Å².